The molecule has 0 fully saturated rings. The highest BCUT2D eigenvalue weighted by atomic mass is 16.5. The van der Waals surface area contributed by atoms with Crippen molar-refractivity contribution < 1.29 is 23.7 Å². The van der Waals surface area contributed by atoms with Crippen molar-refractivity contribution in [3.8, 4) is 23.0 Å². The zero-order chi connectivity index (χ0) is 19.0. The first kappa shape index (κ1) is 17.2. The van der Waals surface area contributed by atoms with Crippen molar-refractivity contribution in [2.45, 2.75) is 12.5 Å². The van der Waals surface area contributed by atoms with Gasteiger partial charge in [0.05, 0.1) is 33.3 Å². The standard InChI is InChI=1S/C22H20O5/c1-24-18-11-9-15(21(25-2)22(18)26-3)19-12-16(23)20-14-7-5-4-6-13(14)8-10-17(20)27-19/h4-11,19H,12H2,1-3H3. The molecule has 0 saturated carbocycles. The summed E-state index contributed by atoms with van der Waals surface area (Å²) in [6, 6.07) is 15.3. The highest BCUT2D eigenvalue weighted by Crippen LogP contribution is 2.46. The lowest BCUT2D eigenvalue weighted by Crippen LogP contribution is -2.21. The molecule has 1 unspecified atom stereocenters. The predicted octanol–water partition coefficient (Wildman–Crippen LogP) is 4.57. The first-order valence-electron chi connectivity index (χ1n) is 8.68. The van der Waals surface area contributed by atoms with Crippen molar-refractivity contribution in [3.63, 3.8) is 0 Å². The number of methoxy groups -OCH3 is 3. The molecule has 3 aromatic carbocycles. The highest BCUT2D eigenvalue weighted by Gasteiger charge is 2.32. The van der Waals surface area contributed by atoms with Gasteiger partial charge in [0.1, 0.15) is 11.9 Å². The summed E-state index contributed by atoms with van der Waals surface area (Å²) in [6.45, 7) is 0. The topological polar surface area (TPSA) is 54.0 Å². The van der Waals surface area contributed by atoms with Crippen LogP contribution in [0.5, 0.6) is 23.0 Å². The van der Waals surface area contributed by atoms with Gasteiger partial charge in [-0.05, 0) is 29.0 Å². The minimum Gasteiger partial charge on any atom is -0.493 e. The Morgan fingerprint density at radius 1 is 0.889 bits per heavy atom. The molecule has 0 amide bonds. The third-order valence-corrected chi connectivity index (χ3v) is 4.89. The average molecular weight is 364 g/mol. The van der Waals surface area contributed by atoms with E-state index in [4.69, 9.17) is 18.9 Å². The Bertz CT molecular complexity index is 1020. The second-order valence-electron chi connectivity index (χ2n) is 6.32. The Morgan fingerprint density at radius 2 is 1.67 bits per heavy atom. The van der Waals surface area contributed by atoms with E-state index < -0.39 is 6.10 Å². The lowest BCUT2D eigenvalue weighted by atomic mass is 9.92. The van der Waals surface area contributed by atoms with E-state index in [-0.39, 0.29) is 12.2 Å². The lowest BCUT2D eigenvalue weighted by molar-refractivity contribution is 0.0849. The monoisotopic (exact) mass is 364 g/mol. The molecule has 0 aliphatic carbocycles. The maximum Gasteiger partial charge on any atom is 0.203 e. The highest BCUT2D eigenvalue weighted by molar-refractivity contribution is 6.11. The van der Waals surface area contributed by atoms with E-state index in [9.17, 15) is 4.79 Å². The van der Waals surface area contributed by atoms with Crippen LogP contribution in [0.15, 0.2) is 48.5 Å². The largest absolute Gasteiger partial charge is 0.493 e. The normalized spacial score (nSPS) is 15.8. The average Bonchev–Trinajstić information content (AvgIpc) is 2.71. The molecule has 1 aliphatic heterocycles. The van der Waals surface area contributed by atoms with Crippen molar-refractivity contribution in [3.05, 3.63) is 59.7 Å². The van der Waals surface area contributed by atoms with Crippen LogP contribution in [-0.2, 0) is 0 Å². The van der Waals surface area contributed by atoms with Crippen LogP contribution in [0.4, 0.5) is 0 Å². The van der Waals surface area contributed by atoms with Crippen molar-refractivity contribution in [2.75, 3.05) is 21.3 Å². The molecule has 0 aromatic heterocycles. The quantitative estimate of drug-likeness (QED) is 0.679. The van der Waals surface area contributed by atoms with Crippen LogP contribution in [0, 0.1) is 0 Å². The van der Waals surface area contributed by atoms with Crippen LogP contribution in [0.3, 0.4) is 0 Å². The molecule has 1 atom stereocenters. The van der Waals surface area contributed by atoms with Crippen LogP contribution in [-0.4, -0.2) is 27.1 Å². The number of hydrogen-bond acceptors (Lipinski definition) is 5. The molecule has 1 heterocycles. The number of rotatable bonds is 4. The first-order valence-corrected chi connectivity index (χ1v) is 8.68. The Labute approximate surface area is 157 Å². The van der Waals surface area contributed by atoms with Gasteiger partial charge in [-0.25, -0.2) is 0 Å². The molecule has 27 heavy (non-hydrogen) atoms. The second kappa shape index (κ2) is 6.83. The minimum absolute atomic E-state index is 0.0508. The Balaban J connectivity index is 1.81. The summed E-state index contributed by atoms with van der Waals surface area (Å²) in [5.41, 5.74) is 1.39. The Hall–Kier alpha value is -3.21. The smallest absolute Gasteiger partial charge is 0.203 e. The SMILES string of the molecule is COc1ccc(C2CC(=O)c3c(ccc4ccccc34)O2)c(OC)c1OC. The van der Waals surface area contributed by atoms with Gasteiger partial charge in [-0.2, -0.15) is 0 Å². The van der Waals surface area contributed by atoms with Gasteiger partial charge in [-0.15, -0.1) is 0 Å². The molecule has 138 valence electrons. The fourth-order valence-electron chi connectivity index (χ4n) is 3.65. The second-order valence-corrected chi connectivity index (χ2v) is 6.32. The molecule has 5 nitrogen and oxygen atoms in total. The predicted molar refractivity (Wildman–Crippen MR) is 102 cm³/mol. The molecule has 3 aromatic rings. The maximum atomic E-state index is 13.0. The molecule has 0 radical (unpaired) electrons. The lowest BCUT2D eigenvalue weighted by Gasteiger charge is -2.28. The van der Waals surface area contributed by atoms with Gasteiger partial charge >= 0.3 is 0 Å². The molecular weight excluding hydrogens is 344 g/mol. The number of Topliss-reactive ketones (excluding diaryl/α,β-unsaturated/α-hetero) is 1. The Kier molecular flexibility index (Phi) is 4.36. The van der Waals surface area contributed by atoms with Crippen LogP contribution < -0.4 is 18.9 Å². The fraction of sp³-hybridized carbons (Fsp3) is 0.227. The van der Waals surface area contributed by atoms with Gasteiger partial charge in [0.15, 0.2) is 17.3 Å². The van der Waals surface area contributed by atoms with Gasteiger partial charge in [-0.1, -0.05) is 30.3 Å². The maximum absolute atomic E-state index is 13.0. The number of fused-ring (bicyclic) bond motifs is 3. The van der Waals surface area contributed by atoms with E-state index in [0.29, 0.717) is 28.6 Å². The molecule has 5 heteroatoms. The molecule has 0 N–H and O–H groups in total. The number of ether oxygens (including phenoxy) is 4. The van der Waals surface area contributed by atoms with E-state index in [0.717, 1.165) is 16.3 Å². The van der Waals surface area contributed by atoms with Gasteiger partial charge in [0.2, 0.25) is 5.75 Å². The fourth-order valence-corrected chi connectivity index (χ4v) is 3.65. The third-order valence-electron chi connectivity index (χ3n) is 4.89. The molecular formula is C22H20O5. The number of carbonyl (C=O) groups is 1. The summed E-state index contributed by atoms with van der Waals surface area (Å²) in [4.78, 5) is 13.0. The van der Waals surface area contributed by atoms with Gasteiger partial charge < -0.3 is 18.9 Å². The first-order chi connectivity index (χ1) is 13.2. The molecule has 0 saturated heterocycles. The number of carbonyl (C=O) groups excluding carboxylic acids is 1. The number of benzene rings is 3. The van der Waals surface area contributed by atoms with Crippen LogP contribution in [0.1, 0.15) is 28.4 Å². The van der Waals surface area contributed by atoms with E-state index in [1.165, 1.54) is 0 Å². The molecule has 0 bridgehead atoms. The van der Waals surface area contributed by atoms with E-state index in [2.05, 4.69) is 0 Å². The summed E-state index contributed by atoms with van der Waals surface area (Å²) < 4.78 is 22.6. The van der Waals surface area contributed by atoms with E-state index in [1.54, 1.807) is 27.4 Å². The number of hydrogen-bond donors (Lipinski definition) is 0. The van der Waals surface area contributed by atoms with Crippen molar-refractivity contribution in [2.24, 2.45) is 0 Å². The molecule has 1 aliphatic rings. The van der Waals surface area contributed by atoms with Gasteiger partial charge in [-0.3, -0.25) is 4.79 Å². The van der Waals surface area contributed by atoms with Crippen LogP contribution >= 0.6 is 0 Å². The summed E-state index contributed by atoms with van der Waals surface area (Å²) in [7, 11) is 4.68. The zero-order valence-corrected chi connectivity index (χ0v) is 15.4. The molecule has 0 spiro atoms. The van der Waals surface area contributed by atoms with Crippen LogP contribution in [0.25, 0.3) is 10.8 Å². The minimum atomic E-state index is -0.457. The van der Waals surface area contributed by atoms with Gasteiger partial charge in [0, 0.05) is 5.56 Å². The van der Waals surface area contributed by atoms with E-state index in [1.807, 2.05) is 42.5 Å². The zero-order valence-electron chi connectivity index (χ0n) is 15.4. The summed E-state index contributed by atoms with van der Waals surface area (Å²) in [5.74, 6) is 2.20. The summed E-state index contributed by atoms with van der Waals surface area (Å²) in [6.07, 6.45) is -0.228. The van der Waals surface area contributed by atoms with Gasteiger partial charge in [0.25, 0.3) is 0 Å². The number of ketones is 1. The van der Waals surface area contributed by atoms with Crippen LogP contribution in [0.2, 0.25) is 0 Å². The molecule has 4 rings (SSSR count). The van der Waals surface area contributed by atoms with Crippen molar-refractivity contribution in [1.82, 2.24) is 0 Å². The van der Waals surface area contributed by atoms with Crippen molar-refractivity contribution >= 4 is 16.6 Å². The summed E-state index contributed by atoms with van der Waals surface area (Å²) >= 11 is 0. The van der Waals surface area contributed by atoms with Crippen molar-refractivity contribution in [1.29, 1.82) is 0 Å². The third kappa shape index (κ3) is 2.76. The summed E-state index contributed by atoms with van der Waals surface area (Å²) in [5, 5.41) is 1.94. The Morgan fingerprint density at radius 3 is 2.41 bits per heavy atom. The van der Waals surface area contributed by atoms with E-state index >= 15 is 0 Å².